The van der Waals surface area contributed by atoms with Gasteiger partial charge in [0.25, 0.3) is 0 Å². The van der Waals surface area contributed by atoms with Gasteiger partial charge in [-0.25, -0.2) is 4.39 Å². The predicted molar refractivity (Wildman–Crippen MR) is 74.7 cm³/mol. The summed E-state index contributed by atoms with van der Waals surface area (Å²) in [5.74, 6) is -0.244. The lowest BCUT2D eigenvalue weighted by Gasteiger charge is -2.15. The number of carbonyl (C=O) groups excluding carboxylic acids is 1. The number of halogens is 1. The van der Waals surface area contributed by atoms with Gasteiger partial charge in [-0.3, -0.25) is 4.79 Å². The summed E-state index contributed by atoms with van der Waals surface area (Å²) in [6.07, 6.45) is 2.96. The van der Waals surface area contributed by atoms with Crippen LogP contribution in [-0.2, 0) is 4.79 Å². The highest BCUT2D eigenvalue weighted by atomic mass is 19.1. The second kappa shape index (κ2) is 7.69. The van der Waals surface area contributed by atoms with Gasteiger partial charge in [0, 0.05) is 6.54 Å². The summed E-state index contributed by atoms with van der Waals surface area (Å²) in [5.41, 5.74) is 0.738. The van der Waals surface area contributed by atoms with Crippen LogP contribution in [0.15, 0.2) is 24.3 Å². The SMILES string of the molecule is CCNC[C@@H](C)Oc1cc(/C=C/C(C)=O)ccc1F. The monoisotopic (exact) mass is 265 g/mol. The molecule has 1 N–H and O–H groups in total. The number of ether oxygens (including phenoxy) is 1. The van der Waals surface area contributed by atoms with E-state index in [1.807, 2.05) is 13.8 Å². The number of hydrogen-bond acceptors (Lipinski definition) is 3. The molecule has 0 amide bonds. The smallest absolute Gasteiger partial charge is 0.165 e. The Balaban J connectivity index is 2.76. The minimum absolute atomic E-state index is 0.0488. The van der Waals surface area contributed by atoms with Crippen molar-refractivity contribution >= 4 is 11.9 Å². The molecule has 0 saturated carbocycles. The van der Waals surface area contributed by atoms with Crippen molar-refractivity contribution < 1.29 is 13.9 Å². The maximum Gasteiger partial charge on any atom is 0.165 e. The number of carbonyl (C=O) groups is 1. The Kier molecular flexibility index (Phi) is 6.22. The molecule has 0 fully saturated rings. The van der Waals surface area contributed by atoms with Crippen LogP contribution in [0, 0.1) is 5.82 Å². The van der Waals surface area contributed by atoms with Crippen LogP contribution < -0.4 is 10.1 Å². The van der Waals surface area contributed by atoms with Crippen molar-refractivity contribution in [2.24, 2.45) is 0 Å². The van der Waals surface area contributed by atoms with Crippen LogP contribution in [0.5, 0.6) is 5.75 Å². The summed E-state index contributed by atoms with van der Waals surface area (Å²) in [6, 6.07) is 4.54. The molecule has 1 rings (SSSR count). The van der Waals surface area contributed by atoms with E-state index in [1.165, 1.54) is 19.1 Å². The van der Waals surface area contributed by atoms with Crippen LogP contribution in [0.25, 0.3) is 6.08 Å². The minimum Gasteiger partial charge on any atom is -0.486 e. The number of benzene rings is 1. The van der Waals surface area contributed by atoms with Gasteiger partial charge in [-0.15, -0.1) is 0 Å². The van der Waals surface area contributed by atoms with E-state index in [4.69, 9.17) is 4.74 Å². The molecule has 4 heteroatoms. The van der Waals surface area contributed by atoms with Crippen molar-refractivity contribution in [3.8, 4) is 5.75 Å². The lowest BCUT2D eigenvalue weighted by atomic mass is 10.2. The highest BCUT2D eigenvalue weighted by molar-refractivity contribution is 5.91. The van der Waals surface area contributed by atoms with E-state index in [0.717, 1.165) is 12.1 Å². The maximum atomic E-state index is 13.6. The van der Waals surface area contributed by atoms with Crippen LogP contribution in [0.2, 0.25) is 0 Å². The third-order valence-electron chi connectivity index (χ3n) is 2.48. The second-order valence-corrected chi connectivity index (χ2v) is 4.37. The Morgan fingerprint density at radius 2 is 2.26 bits per heavy atom. The molecule has 0 spiro atoms. The Hall–Kier alpha value is -1.68. The second-order valence-electron chi connectivity index (χ2n) is 4.37. The number of rotatable bonds is 7. The van der Waals surface area contributed by atoms with Crippen LogP contribution in [0.1, 0.15) is 26.3 Å². The number of ketones is 1. The van der Waals surface area contributed by atoms with Crippen LogP contribution in [-0.4, -0.2) is 25.0 Å². The van der Waals surface area contributed by atoms with Gasteiger partial charge in [-0.05, 0) is 44.2 Å². The van der Waals surface area contributed by atoms with E-state index in [1.54, 1.807) is 18.2 Å². The fourth-order valence-electron chi connectivity index (χ4n) is 1.53. The largest absolute Gasteiger partial charge is 0.486 e. The summed E-state index contributed by atoms with van der Waals surface area (Å²) in [5, 5.41) is 3.14. The molecule has 0 bridgehead atoms. The highest BCUT2D eigenvalue weighted by Gasteiger charge is 2.08. The van der Waals surface area contributed by atoms with Crippen LogP contribution >= 0.6 is 0 Å². The number of hydrogen-bond donors (Lipinski definition) is 1. The molecule has 19 heavy (non-hydrogen) atoms. The molecule has 1 atom stereocenters. The van der Waals surface area contributed by atoms with E-state index in [0.29, 0.717) is 6.54 Å². The van der Waals surface area contributed by atoms with Crippen molar-refractivity contribution in [2.75, 3.05) is 13.1 Å². The predicted octanol–water partition coefficient (Wildman–Crippen LogP) is 2.80. The van der Waals surface area contributed by atoms with Gasteiger partial charge in [0.15, 0.2) is 17.3 Å². The zero-order chi connectivity index (χ0) is 14.3. The van der Waals surface area contributed by atoms with Gasteiger partial charge in [0.2, 0.25) is 0 Å². The molecule has 1 aromatic rings. The average Bonchev–Trinajstić information content (AvgIpc) is 2.37. The third kappa shape index (κ3) is 5.66. The molecule has 0 aromatic heterocycles. The van der Waals surface area contributed by atoms with Crippen molar-refractivity contribution in [1.29, 1.82) is 0 Å². The van der Waals surface area contributed by atoms with E-state index < -0.39 is 5.82 Å². The summed E-state index contributed by atoms with van der Waals surface area (Å²) in [4.78, 5) is 10.9. The summed E-state index contributed by atoms with van der Waals surface area (Å²) >= 11 is 0. The fourth-order valence-corrected chi connectivity index (χ4v) is 1.53. The number of nitrogens with one attached hydrogen (secondary N) is 1. The molecule has 0 aliphatic heterocycles. The van der Waals surface area contributed by atoms with Crippen LogP contribution in [0.3, 0.4) is 0 Å². The molecule has 104 valence electrons. The Morgan fingerprint density at radius 3 is 2.89 bits per heavy atom. The van der Waals surface area contributed by atoms with Crippen molar-refractivity contribution in [2.45, 2.75) is 26.9 Å². The van der Waals surface area contributed by atoms with Gasteiger partial charge in [0.05, 0.1) is 0 Å². The first-order chi connectivity index (χ1) is 9.02. The summed E-state index contributed by atoms with van der Waals surface area (Å²) < 4.78 is 19.2. The molecular weight excluding hydrogens is 245 g/mol. The van der Waals surface area contributed by atoms with E-state index in [2.05, 4.69) is 5.32 Å². The Morgan fingerprint density at radius 1 is 1.53 bits per heavy atom. The maximum absolute atomic E-state index is 13.6. The third-order valence-corrected chi connectivity index (χ3v) is 2.48. The molecule has 3 nitrogen and oxygen atoms in total. The number of likely N-dealkylation sites (N-methyl/N-ethyl adjacent to an activating group) is 1. The van der Waals surface area contributed by atoms with Crippen molar-refractivity contribution in [1.82, 2.24) is 5.32 Å². The summed E-state index contributed by atoms with van der Waals surface area (Å²) in [7, 11) is 0. The Labute approximate surface area is 113 Å². The standard InChI is InChI=1S/C15H20FNO2/c1-4-17-10-12(3)19-15-9-13(6-5-11(2)18)7-8-14(15)16/h5-9,12,17H,4,10H2,1-3H3/b6-5+/t12-/m1/s1. The fraction of sp³-hybridized carbons (Fsp3) is 0.400. The molecule has 1 aromatic carbocycles. The highest BCUT2D eigenvalue weighted by Crippen LogP contribution is 2.20. The molecular formula is C15H20FNO2. The van der Waals surface area contributed by atoms with Crippen molar-refractivity contribution in [3.05, 3.63) is 35.7 Å². The molecule has 0 unspecified atom stereocenters. The topological polar surface area (TPSA) is 38.3 Å². The van der Waals surface area contributed by atoms with Gasteiger partial charge in [0.1, 0.15) is 6.10 Å². The first kappa shape index (κ1) is 15.4. The molecule has 0 radical (unpaired) electrons. The molecule has 0 heterocycles. The first-order valence-corrected chi connectivity index (χ1v) is 6.38. The van der Waals surface area contributed by atoms with E-state index >= 15 is 0 Å². The van der Waals surface area contributed by atoms with Gasteiger partial charge in [-0.2, -0.15) is 0 Å². The van der Waals surface area contributed by atoms with E-state index in [9.17, 15) is 9.18 Å². The quantitative estimate of drug-likeness (QED) is 0.770. The normalized spacial score (nSPS) is 12.6. The zero-order valence-electron chi connectivity index (χ0n) is 11.6. The van der Waals surface area contributed by atoms with Crippen molar-refractivity contribution in [3.63, 3.8) is 0 Å². The van der Waals surface area contributed by atoms with Gasteiger partial charge < -0.3 is 10.1 Å². The lowest BCUT2D eigenvalue weighted by molar-refractivity contribution is -0.112. The molecule has 0 aliphatic rings. The molecule has 0 aliphatic carbocycles. The summed E-state index contributed by atoms with van der Waals surface area (Å²) in [6.45, 7) is 6.84. The minimum atomic E-state index is -0.400. The van der Waals surface area contributed by atoms with Gasteiger partial charge >= 0.3 is 0 Å². The molecule has 0 saturated heterocycles. The van der Waals surface area contributed by atoms with Crippen LogP contribution in [0.4, 0.5) is 4.39 Å². The average molecular weight is 265 g/mol. The lowest BCUT2D eigenvalue weighted by Crippen LogP contribution is -2.28. The van der Waals surface area contributed by atoms with E-state index in [-0.39, 0.29) is 17.6 Å². The van der Waals surface area contributed by atoms with Gasteiger partial charge in [-0.1, -0.05) is 19.1 Å². The zero-order valence-corrected chi connectivity index (χ0v) is 11.6. The number of allylic oxidation sites excluding steroid dienone is 1. The first-order valence-electron chi connectivity index (χ1n) is 6.38. The Bertz CT molecular complexity index is 457.